The van der Waals surface area contributed by atoms with Crippen molar-refractivity contribution in [3.05, 3.63) is 64.0 Å². The fourth-order valence-electron chi connectivity index (χ4n) is 2.87. The van der Waals surface area contributed by atoms with Crippen LogP contribution in [0.1, 0.15) is 43.4 Å². The Morgan fingerprint density at radius 3 is 2.52 bits per heavy atom. The van der Waals surface area contributed by atoms with Gasteiger partial charge in [0, 0.05) is 6.54 Å². The Bertz CT molecular complexity index is 962. The highest BCUT2D eigenvalue weighted by Crippen LogP contribution is 2.23. The van der Waals surface area contributed by atoms with Crippen LogP contribution in [-0.2, 0) is 17.8 Å². The summed E-state index contributed by atoms with van der Waals surface area (Å²) in [4.78, 5) is 17.6. The van der Waals surface area contributed by atoms with Crippen LogP contribution in [0.15, 0.2) is 47.5 Å². The summed E-state index contributed by atoms with van der Waals surface area (Å²) >= 11 is 1.60. The molecule has 3 aromatic rings. The van der Waals surface area contributed by atoms with Crippen molar-refractivity contribution in [1.29, 1.82) is 0 Å². The highest BCUT2D eigenvalue weighted by Gasteiger charge is 2.09. The van der Waals surface area contributed by atoms with Gasteiger partial charge >= 0.3 is 0 Å². The standard InChI is InChI=1S/C21H24N2OS/c1-5-23-18-11-10-17(14(2)3)13-19(18)25-21(23)22-20(24)12-16-8-6-15(4)7-9-16/h6-11,13-14H,5,12H2,1-4H3. The van der Waals surface area contributed by atoms with Gasteiger partial charge in [-0.3, -0.25) is 4.79 Å². The summed E-state index contributed by atoms with van der Waals surface area (Å²) in [6.07, 6.45) is 0.343. The van der Waals surface area contributed by atoms with E-state index in [9.17, 15) is 4.79 Å². The highest BCUT2D eigenvalue weighted by atomic mass is 32.1. The molecular formula is C21H24N2OS. The second-order valence-corrected chi connectivity index (χ2v) is 7.69. The van der Waals surface area contributed by atoms with Crippen LogP contribution in [0.2, 0.25) is 0 Å². The largest absolute Gasteiger partial charge is 0.317 e. The zero-order valence-electron chi connectivity index (χ0n) is 15.2. The van der Waals surface area contributed by atoms with Gasteiger partial charge in [-0.2, -0.15) is 4.99 Å². The van der Waals surface area contributed by atoms with Crippen molar-refractivity contribution in [3.63, 3.8) is 0 Å². The number of carbonyl (C=O) groups is 1. The third-order valence-electron chi connectivity index (χ3n) is 4.39. The van der Waals surface area contributed by atoms with Crippen molar-refractivity contribution >= 4 is 27.5 Å². The molecule has 0 spiro atoms. The van der Waals surface area contributed by atoms with Crippen molar-refractivity contribution in [2.24, 2.45) is 4.99 Å². The smallest absolute Gasteiger partial charge is 0.252 e. The van der Waals surface area contributed by atoms with Crippen molar-refractivity contribution in [2.75, 3.05) is 0 Å². The van der Waals surface area contributed by atoms with Gasteiger partial charge in [-0.25, -0.2) is 0 Å². The summed E-state index contributed by atoms with van der Waals surface area (Å²) in [5.41, 5.74) is 4.67. The van der Waals surface area contributed by atoms with Gasteiger partial charge < -0.3 is 4.57 Å². The molecule has 3 nitrogen and oxygen atoms in total. The number of carbonyl (C=O) groups excluding carboxylic acids is 1. The molecule has 0 fully saturated rings. The lowest BCUT2D eigenvalue weighted by Crippen LogP contribution is -2.16. The highest BCUT2D eigenvalue weighted by molar-refractivity contribution is 7.16. The number of amides is 1. The maximum absolute atomic E-state index is 12.4. The van der Waals surface area contributed by atoms with Crippen LogP contribution < -0.4 is 4.80 Å². The zero-order chi connectivity index (χ0) is 18.0. The minimum atomic E-state index is -0.0957. The van der Waals surface area contributed by atoms with Crippen LogP contribution in [0.5, 0.6) is 0 Å². The van der Waals surface area contributed by atoms with E-state index in [-0.39, 0.29) is 5.91 Å². The number of aryl methyl sites for hydroxylation is 2. The molecule has 0 bridgehead atoms. The number of aromatic nitrogens is 1. The van der Waals surface area contributed by atoms with E-state index in [4.69, 9.17) is 0 Å². The van der Waals surface area contributed by atoms with Crippen LogP contribution >= 0.6 is 11.3 Å². The maximum atomic E-state index is 12.4. The maximum Gasteiger partial charge on any atom is 0.252 e. The minimum absolute atomic E-state index is 0.0957. The zero-order valence-corrected chi connectivity index (χ0v) is 16.1. The molecule has 2 aromatic carbocycles. The number of hydrogen-bond acceptors (Lipinski definition) is 2. The normalized spacial score (nSPS) is 12.3. The number of rotatable bonds is 4. The number of fused-ring (bicyclic) bond motifs is 1. The molecule has 0 aliphatic heterocycles. The molecule has 25 heavy (non-hydrogen) atoms. The van der Waals surface area contributed by atoms with E-state index in [0.717, 1.165) is 22.4 Å². The molecule has 0 radical (unpaired) electrons. The predicted molar refractivity (Wildman–Crippen MR) is 105 cm³/mol. The Morgan fingerprint density at radius 1 is 1.16 bits per heavy atom. The first-order valence-electron chi connectivity index (χ1n) is 8.74. The lowest BCUT2D eigenvalue weighted by Gasteiger charge is -2.05. The van der Waals surface area contributed by atoms with Gasteiger partial charge in [0.1, 0.15) is 0 Å². The van der Waals surface area contributed by atoms with E-state index in [1.165, 1.54) is 15.8 Å². The molecule has 0 atom stereocenters. The summed E-state index contributed by atoms with van der Waals surface area (Å²) in [5.74, 6) is 0.395. The minimum Gasteiger partial charge on any atom is -0.317 e. The number of hydrogen-bond donors (Lipinski definition) is 0. The van der Waals surface area contributed by atoms with Gasteiger partial charge in [0.2, 0.25) is 0 Å². The van der Waals surface area contributed by atoms with Gasteiger partial charge in [-0.15, -0.1) is 0 Å². The summed E-state index contributed by atoms with van der Waals surface area (Å²) in [7, 11) is 0. The molecular weight excluding hydrogens is 328 g/mol. The summed E-state index contributed by atoms with van der Waals surface area (Å²) < 4.78 is 3.31. The quantitative estimate of drug-likeness (QED) is 0.662. The molecule has 0 saturated heterocycles. The van der Waals surface area contributed by atoms with Crippen molar-refractivity contribution < 1.29 is 4.79 Å². The molecule has 0 unspecified atom stereocenters. The summed E-state index contributed by atoms with van der Waals surface area (Å²) in [5, 5.41) is 0. The van der Waals surface area contributed by atoms with Gasteiger partial charge in [0.15, 0.2) is 4.80 Å². The van der Waals surface area contributed by atoms with Crippen molar-refractivity contribution in [1.82, 2.24) is 4.57 Å². The van der Waals surface area contributed by atoms with E-state index < -0.39 is 0 Å². The molecule has 1 amide bonds. The summed E-state index contributed by atoms with van der Waals surface area (Å²) in [6.45, 7) is 9.32. The Balaban J connectivity index is 1.97. The topological polar surface area (TPSA) is 34.4 Å². The number of nitrogens with zero attached hydrogens (tertiary/aromatic N) is 2. The van der Waals surface area contributed by atoms with Crippen LogP contribution in [0.3, 0.4) is 0 Å². The monoisotopic (exact) mass is 352 g/mol. The van der Waals surface area contributed by atoms with Crippen LogP contribution in [-0.4, -0.2) is 10.5 Å². The number of benzene rings is 2. The van der Waals surface area contributed by atoms with Crippen LogP contribution in [0, 0.1) is 6.92 Å². The fourth-order valence-corrected chi connectivity index (χ4v) is 4.03. The van der Waals surface area contributed by atoms with Crippen LogP contribution in [0.4, 0.5) is 0 Å². The molecule has 130 valence electrons. The second kappa shape index (κ2) is 7.36. The lowest BCUT2D eigenvalue weighted by molar-refractivity contribution is -0.117. The fraction of sp³-hybridized carbons (Fsp3) is 0.333. The van der Waals surface area contributed by atoms with Gasteiger partial charge in [0.05, 0.1) is 16.6 Å². The third-order valence-corrected chi connectivity index (χ3v) is 5.43. The first-order valence-corrected chi connectivity index (χ1v) is 9.56. The van der Waals surface area contributed by atoms with Crippen LogP contribution in [0.25, 0.3) is 10.2 Å². The second-order valence-electron chi connectivity index (χ2n) is 6.68. The Hall–Kier alpha value is -2.20. The SMILES string of the molecule is CCn1c(=NC(=O)Cc2ccc(C)cc2)sc2cc(C(C)C)ccc21. The molecule has 0 saturated carbocycles. The van der Waals surface area contributed by atoms with Gasteiger partial charge in [-0.05, 0) is 43.0 Å². The Kier molecular flexibility index (Phi) is 5.19. The third kappa shape index (κ3) is 3.90. The van der Waals surface area contributed by atoms with E-state index in [0.29, 0.717) is 12.3 Å². The van der Waals surface area contributed by atoms with E-state index in [1.807, 2.05) is 31.2 Å². The molecule has 1 aromatic heterocycles. The Labute approximate surface area is 152 Å². The molecule has 1 heterocycles. The van der Waals surface area contributed by atoms with E-state index in [2.05, 4.69) is 48.5 Å². The molecule has 4 heteroatoms. The molecule has 0 aliphatic carbocycles. The first kappa shape index (κ1) is 17.6. The first-order chi connectivity index (χ1) is 12.0. The van der Waals surface area contributed by atoms with Gasteiger partial charge in [-0.1, -0.05) is 61.1 Å². The van der Waals surface area contributed by atoms with Gasteiger partial charge in [0.25, 0.3) is 5.91 Å². The van der Waals surface area contributed by atoms with Crippen molar-refractivity contribution in [3.8, 4) is 0 Å². The Morgan fingerprint density at radius 2 is 1.88 bits per heavy atom. The van der Waals surface area contributed by atoms with Crippen molar-refractivity contribution in [2.45, 2.75) is 46.6 Å². The lowest BCUT2D eigenvalue weighted by atomic mass is 10.0. The predicted octanol–water partition coefficient (Wildman–Crippen LogP) is 4.82. The molecule has 3 rings (SSSR count). The van der Waals surface area contributed by atoms with E-state index in [1.54, 1.807) is 11.3 Å². The molecule has 0 aliphatic rings. The van der Waals surface area contributed by atoms with E-state index >= 15 is 0 Å². The average Bonchev–Trinajstić information content (AvgIpc) is 2.92. The molecule has 0 N–H and O–H groups in total. The summed E-state index contributed by atoms with van der Waals surface area (Å²) in [6, 6.07) is 14.6. The number of thiazole rings is 1. The average molecular weight is 353 g/mol.